The fraction of sp³-hybridized carbons (Fsp3) is 0.643. The van der Waals surface area contributed by atoms with Crippen LogP contribution < -0.4 is 0 Å². The normalized spacial score (nSPS) is 37.2. The van der Waals surface area contributed by atoms with Crippen molar-refractivity contribution in [1.29, 1.82) is 0 Å². The van der Waals surface area contributed by atoms with E-state index in [1.807, 2.05) is 6.92 Å². The minimum absolute atomic E-state index is 0.00898. The van der Waals surface area contributed by atoms with Crippen molar-refractivity contribution in [2.75, 3.05) is 0 Å². The molecule has 3 heteroatoms. The van der Waals surface area contributed by atoms with Gasteiger partial charge in [-0.3, -0.25) is 4.79 Å². The quantitative estimate of drug-likeness (QED) is 0.749. The number of fused-ring (bicyclic) bond motifs is 1. The van der Waals surface area contributed by atoms with Crippen molar-refractivity contribution in [2.45, 2.75) is 39.9 Å². The van der Waals surface area contributed by atoms with Gasteiger partial charge in [-0.2, -0.15) is 0 Å². The third-order valence-corrected chi connectivity index (χ3v) is 4.05. The fourth-order valence-corrected chi connectivity index (χ4v) is 3.06. The summed E-state index contributed by atoms with van der Waals surface area (Å²) < 4.78 is 5.53. The Bertz CT molecular complexity index is 381. The van der Waals surface area contributed by atoms with E-state index in [9.17, 15) is 9.90 Å². The number of aliphatic hydroxyl groups is 1. The first kappa shape index (κ1) is 12.4. The minimum Gasteiger partial charge on any atom is -0.465 e. The molecule has 1 saturated carbocycles. The van der Waals surface area contributed by atoms with Gasteiger partial charge in [0.25, 0.3) is 0 Å². The van der Waals surface area contributed by atoms with Gasteiger partial charge in [0, 0.05) is 5.92 Å². The molecule has 0 spiro atoms. The molecule has 94 valence electrons. The molecule has 1 aliphatic carbocycles. The van der Waals surface area contributed by atoms with Gasteiger partial charge >= 0.3 is 0 Å². The van der Waals surface area contributed by atoms with Gasteiger partial charge in [0.2, 0.25) is 6.29 Å². The monoisotopic (exact) mass is 236 g/mol. The van der Waals surface area contributed by atoms with E-state index in [0.29, 0.717) is 17.6 Å². The summed E-state index contributed by atoms with van der Waals surface area (Å²) >= 11 is 0. The van der Waals surface area contributed by atoms with Gasteiger partial charge in [0.05, 0.1) is 0 Å². The number of hydrogen-bond acceptors (Lipinski definition) is 3. The molecule has 0 radical (unpaired) electrons. The molecule has 0 aromatic rings. The van der Waals surface area contributed by atoms with Gasteiger partial charge in [-0.15, -0.1) is 0 Å². The smallest absolute Gasteiger partial charge is 0.201 e. The molecule has 0 aromatic carbocycles. The Hall–Kier alpha value is -1.09. The Morgan fingerprint density at radius 3 is 2.82 bits per heavy atom. The topological polar surface area (TPSA) is 46.5 Å². The van der Waals surface area contributed by atoms with Crippen LogP contribution >= 0.6 is 0 Å². The van der Waals surface area contributed by atoms with Gasteiger partial charge in [-0.25, -0.2) is 0 Å². The van der Waals surface area contributed by atoms with Crippen molar-refractivity contribution < 1.29 is 14.6 Å². The van der Waals surface area contributed by atoms with Crippen LogP contribution in [0.25, 0.3) is 0 Å². The molecular formula is C14H20O3. The van der Waals surface area contributed by atoms with Gasteiger partial charge < -0.3 is 9.84 Å². The maximum atomic E-state index is 10.9. The van der Waals surface area contributed by atoms with E-state index < -0.39 is 6.29 Å². The van der Waals surface area contributed by atoms with E-state index in [-0.39, 0.29) is 11.7 Å². The van der Waals surface area contributed by atoms with E-state index >= 15 is 0 Å². The molecule has 0 aromatic heterocycles. The molecule has 2 rings (SSSR count). The number of hydrogen-bond donors (Lipinski definition) is 1. The average molecular weight is 236 g/mol. The maximum Gasteiger partial charge on any atom is 0.201 e. The summed E-state index contributed by atoms with van der Waals surface area (Å²) in [6.45, 7) is 5.72. The Labute approximate surface area is 102 Å². The highest BCUT2D eigenvalue weighted by atomic mass is 16.6. The minimum atomic E-state index is -0.729. The summed E-state index contributed by atoms with van der Waals surface area (Å²) in [5.74, 6) is 1.78. The van der Waals surface area contributed by atoms with Gasteiger partial charge in [0.15, 0.2) is 5.78 Å². The van der Waals surface area contributed by atoms with Crippen molar-refractivity contribution in [1.82, 2.24) is 0 Å². The molecule has 3 nitrogen and oxygen atoms in total. The van der Waals surface area contributed by atoms with E-state index in [4.69, 9.17) is 4.74 Å². The van der Waals surface area contributed by atoms with Crippen LogP contribution in [0.5, 0.6) is 0 Å². The SMILES string of the molecule is CC(=O)/C=C/C1=C(C)[C@@H]2CC[C@H](C)[C@H]2[C@H](O)O1. The zero-order chi connectivity index (χ0) is 12.6. The van der Waals surface area contributed by atoms with Crippen LogP contribution in [0.15, 0.2) is 23.5 Å². The molecule has 1 N–H and O–H groups in total. The Balaban J connectivity index is 2.26. The first-order chi connectivity index (χ1) is 8.00. The molecule has 4 atom stereocenters. The van der Waals surface area contributed by atoms with Crippen molar-refractivity contribution in [3.63, 3.8) is 0 Å². The first-order valence-electron chi connectivity index (χ1n) is 6.25. The Morgan fingerprint density at radius 1 is 1.47 bits per heavy atom. The molecule has 1 aliphatic heterocycles. The number of rotatable bonds is 2. The van der Waals surface area contributed by atoms with Crippen LogP contribution in [0.4, 0.5) is 0 Å². The second kappa shape index (κ2) is 4.65. The highest BCUT2D eigenvalue weighted by molar-refractivity contribution is 5.87. The summed E-state index contributed by atoms with van der Waals surface area (Å²) in [5, 5.41) is 10.0. The Morgan fingerprint density at radius 2 is 2.18 bits per heavy atom. The van der Waals surface area contributed by atoms with Crippen molar-refractivity contribution in [2.24, 2.45) is 17.8 Å². The molecule has 17 heavy (non-hydrogen) atoms. The lowest BCUT2D eigenvalue weighted by Crippen LogP contribution is -2.35. The van der Waals surface area contributed by atoms with Crippen LogP contribution in [0, 0.1) is 17.8 Å². The van der Waals surface area contributed by atoms with E-state index in [1.165, 1.54) is 18.6 Å². The number of allylic oxidation sites excluding steroid dienone is 3. The van der Waals surface area contributed by atoms with Crippen molar-refractivity contribution in [3.8, 4) is 0 Å². The number of aliphatic hydroxyl groups excluding tert-OH is 1. The van der Waals surface area contributed by atoms with Crippen LogP contribution in [0.2, 0.25) is 0 Å². The average Bonchev–Trinajstić information content (AvgIpc) is 2.64. The van der Waals surface area contributed by atoms with Crippen molar-refractivity contribution in [3.05, 3.63) is 23.5 Å². The predicted octanol–water partition coefficient (Wildman–Crippen LogP) is 2.42. The second-order valence-corrected chi connectivity index (χ2v) is 5.24. The molecule has 2 aliphatic rings. The molecule has 1 fully saturated rings. The van der Waals surface area contributed by atoms with E-state index in [1.54, 1.807) is 6.08 Å². The van der Waals surface area contributed by atoms with Crippen molar-refractivity contribution >= 4 is 5.78 Å². The van der Waals surface area contributed by atoms with Gasteiger partial charge in [-0.05, 0) is 56.3 Å². The summed E-state index contributed by atoms with van der Waals surface area (Å²) in [6, 6.07) is 0. The number of ether oxygens (including phenoxy) is 1. The molecule has 0 unspecified atom stereocenters. The number of ketones is 1. The molecule has 0 amide bonds. The third kappa shape index (κ3) is 2.29. The number of carbonyl (C=O) groups is 1. The van der Waals surface area contributed by atoms with E-state index in [2.05, 4.69) is 6.92 Å². The van der Waals surface area contributed by atoms with Gasteiger partial charge in [0.1, 0.15) is 5.76 Å². The summed E-state index contributed by atoms with van der Waals surface area (Å²) in [6.07, 6.45) is 4.68. The molecule has 1 heterocycles. The van der Waals surface area contributed by atoms with Crippen LogP contribution in [-0.2, 0) is 9.53 Å². The zero-order valence-electron chi connectivity index (χ0n) is 10.6. The highest BCUT2D eigenvalue weighted by Crippen LogP contribution is 2.47. The zero-order valence-corrected chi connectivity index (χ0v) is 10.6. The lowest BCUT2D eigenvalue weighted by atomic mass is 9.83. The summed E-state index contributed by atoms with van der Waals surface area (Å²) in [5.41, 5.74) is 1.17. The standard InChI is InChI=1S/C14H20O3/c1-8-4-6-11-10(3)12(7-5-9(2)15)17-14(16)13(8)11/h5,7-8,11,13-14,16H,4,6H2,1-3H3/b7-5+/t8-,11-,13+,14+/m0/s1. The van der Waals surface area contributed by atoms with Gasteiger partial charge in [-0.1, -0.05) is 6.92 Å². The largest absolute Gasteiger partial charge is 0.465 e. The number of carbonyl (C=O) groups excluding carboxylic acids is 1. The van der Waals surface area contributed by atoms with Crippen LogP contribution in [0.3, 0.4) is 0 Å². The lowest BCUT2D eigenvalue weighted by molar-refractivity contribution is -0.130. The van der Waals surface area contributed by atoms with E-state index in [0.717, 1.165) is 12.8 Å². The first-order valence-corrected chi connectivity index (χ1v) is 6.25. The molecular weight excluding hydrogens is 216 g/mol. The molecule has 0 bridgehead atoms. The molecule has 0 saturated heterocycles. The predicted molar refractivity (Wildman–Crippen MR) is 65.0 cm³/mol. The second-order valence-electron chi connectivity index (χ2n) is 5.24. The maximum absolute atomic E-state index is 10.9. The van der Waals surface area contributed by atoms with Crippen LogP contribution in [0.1, 0.15) is 33.6 Å². The third-order valence-electron chi connectivity index (χ3n) is 4.05. The fourth-order valence-electron chi connectivity index (χ4n) is 3.06. The summed E-state index contributed by atoms with van der Waals surface area (Å²) in [4.78, 5) is 10.9. The lowest BCUT2D eigenvalue weighted by Gasteiger charge is -2.34. The summed E-state index contributed by atoms with van der Waals surface area (Å²) in [7, 11) is 0. The van der Waals surface area contributed by atoms with Crippen LogP contribution in [-0.4, -0.2) is 17.2 Å². The Kier molecular flexibility index (Phi) is 3.38. The highest BCUT2D eigenvalue weighted by Gasteiger charge is 2.43.